The third-order valence-electron chi connectivity index (χ3n) is 4.59. The van der Waals surface area contributed by atoms with Crippen LogP contribution in [0.2, 0.25) is 0 Å². The van der Waals surface area contributed by atoms with Crippen LogP contribution in [0.15, 0.2) is 64.5 Å². The standard InChI is InChI=1S/C19H25N5O2S.HI/c1-21-19(22-13-15-7-9-18(10-8-15)27(20,25)26)23-16-11-12-24(14-16)17-5-3-2-4-6-17;/h2-10,16H,11-14H2,1H3,(H2,20,25,26)(H2,21,22,23);1H. The van der Waals surface area contributed by atoms with E-state index in [1.165, 1.54) is 17.8 Å². The third-order valence-corrected chi connectivity index (χ3v) is 5.52. The van der Waals surface area contributed by atoms with E-state index >= 15 is 0 Å². The van der Waals surface area contributed by atoms with Gasteiger partial charge in [-0.2, -0.15) is 0 Å². The Morgan fingerprint density at radius 2 is 1.86 bits per heavy atom. The number of sulfonamides is 1. The summed E-state index contributed by atoms with van der Waals surface area (Å²) in [7, 11) is -1.92. The number of anilines is 1. The second-order valence-electron chi connectivity index (χ2n) is 6.53. The van der Waals surface area contributed by atoms with Crippen LogP contribution in [0.5, 0.6) is 0 Å². The molecule has 1 atom stereocenters. The highest BCUT2D eigenvalue weighted by molar-refractivity contribution is 14.0. The zero-order valence-corrected chi connectivity index (χ0v) is 18.9. The van der Waals surface area contributed by atoms with Gasteiger partial charge < -0.3 is 15.5 Å². The summed E-state index contributed by atoms with van der Waals surface area (Å²) in [5, 5.41) is 11.8. The molecule has 7 nitrogen and oxygen atoms in total. The number of guanidine groups is 1. The van der Waals surface area contributed by atoms with E-state index in [0.717, 1.165) is 31.0 Å². The monoisotopic (exact) mass is 515 g/mol. The fourth-order valence-electron chi connectivity index (χ4n) is 3.12. The van der Waals surface area contributed by atoms with Crippen LogP contribution in [0.25, 0.3) is 0 Å². The number of primary sulfonamides is 1. The lowest BCUT2D eigenvalue weighted by Crippen LogP contribution is -2.44. The SMILES string of the molecule is CN=C(NCc1ccc(S(N)(=O)=O)cc1)NC1CCN(c2ccccc2)C1.I. The lowest BCUT2D eigenvalue weighted by atomic mass is 10.2. The molecule has 0 aliphatic carbocycles. The first-order valence-electron chi connectivity index (χ1n) is 8.84. The first-order chi connectivity index (χ1) is 13.0. The molecule has 1 aliphatic rings. The van der Waals surface area contributed by atoms with Gasteiger partial charge in [-0.05, 0) is 36.2 Å². The molecule has 3 rings (SSSR count). The molecule has 1 aliphatic heterocycles. The zero-order chi connectivity index (χ0) is 19.3. The van der Waals surface area contributed by atoms with Crippen LogP contribution in [-0.2, 0) is 16.6 Å². The van der Waals surface area contributed by atoms with Gasteiger partial charge in [0.25, 0.3) is 0 Å². The summed E-state index contributed by atoms with van der Waals surface area (Å²) >= 11 is 0. The molecule has 1 heterocycles. The van der Waals surface area contributed by atoms with E-state index in [2.05, 4.69) is 44.8 Å². The van der Waals surface area contributed by atoms with Gasteiger partial charge in [-0.25, -0.2) is 13.6 Å². The minimum absolute atomic E-state index is 0. The Labute approximate surface area is 183 Å². The maximum Gasteiger partial charge on any atom is 0.238 e. The smallest absolute Gasteiger partial charge is 0.238 e. The van der Waals surface area contributed by atoms with Crippen molar-refractivity contribution >= 4 is 45.6 Å². The van der Waals surface area contributed by atoms with Crippen molar-refractivity contribution in [2.45, 2.75) is 23.9 Å². The lowest BCUT2D eigenvalue weighted by Gasteiger charge is -2.20. The molecule has 1 fully saturated rings. The van der Waals surface area contributed by atoms with Crippen LogP contribution >= 0.6 is 24.0 Å². The van der Waals surface area contributed by atoms with Gasteiger partial charge in [-0.15, -0.1) is 24.0 Å². The molecule has 2 aromatic carbocycles. The van der Waals surface area contributed by atoms with Gasteiger partial charge in [0.05, 0.1) is 4.90 Å². The number of aliphatic imine (C=N–C) groups is 1. The van der Waals surface area contributed by atoms with Crippen molar-refractivity contribution < 1.29 is 8.42 Å². The Bertz CT molecular complexity index is 888. The van der Waals surface area contributed by atoms with Gasteiger partial charge in [-0.3, -0.25) is 4.99 Å². The predicted molar refractivity (Wildman–Crippen MR) is 124 cm³/mol. The van der Waals surface area contributed by atoms with E-state index in [1.54, 1.807) is 19.2 Å². The summed E-state index contributed by atoms with van der Waals surface area (Å²) in [6.07, 6.45) is 1.04. The molecule has 152 valence electrons. The first kappa shape index (κ1) is 22.4. The Morgan fingerprint density at radius 1 is 1.18 bits per heavy atom. The Hall–Kier alpha value is -1.85. The lowest BCUT2D eigenvalue weighted by molar-refractivity contribution is 0.597. The second kappa shape index (κ2) is 10.1. The largest absolute Gasteiger partial charge is 0.369 e. The number of hydrogen-bond donors (Lipinski definition) is 3. The van der Waals surface area contributed by atoms with Crippen molar-refractivity contribution in [2.75, 3.05) is 25.0 Å². The van der Waals surface area contributed by atoms with Crippen molar-refractivity contribution in [3.8, 4) is 0 Å². The van der Waals surface area contributed by atoms with Crippen LogP contribution in [0.3, 0.4) is 0 Å². The minimum Gasteiger partial charge on any atom is -0.369 e. The molecular formula is C19H26IN5O2S. The summed E-state index contributed by atoms with van der Waals surface area (Å²) in [5.41, 5.74) is 2.18. The molecule has 0 spiro atoms. The van der Waals surface area contributed by atoms with E-state index in [0.29, 0.717) is 12.6 Å². The molecule has 0 saturated carbocycles. The fourth-order valence-corrected chi connectivity index (χ4v) is 3.64. The van der Waals surface area contributed by atoms with Crippen molar-refractivity contribution in [2.24, 2.45) is 10.1 Å². The highest BCUT2D eigenvalue weighted by Crippen LogP contribution is 2.19. The maximum atomic E-state index is 11.3. The number of rotatable bonds is 5. The maximum absolute atomic E-state index is 11.3. The molecule has 4 N–H and O–H groups in total. The first-order valence-corrected chi connectivity index (χ1v) is 10.4. The van der Waals surface area contributed by atoms with Gasteiger partial charge in [0.15, 0.2) is 5.96 Å². The van der Waals surface area contributed by atoms with Crippen molar-refractivity contribution in [3.05, 3.63) is 60.2 Å². The molecule has 9 heteroatoms. The number of nitrogens with zero attached hydrogens (tertiary/aromatic N) is 2. The quantitative estimate of drug-likeness (QED) is 0.321. The number of halogens is 1. The fraction of sp³-hybridized carbons (Fsp3) is 0.316. The molecule has 0 radical (unpaired) electrons. The van der Waals surface area contributed by atoms with Crippen LogP contribution in [-0.4, -0.2) is 40.6 Å². The Kier molecular flexibility index (Phi) is 8.08. The summed E-state index contributed by atoms with van der Waals surface area (Å²) in [6.45, 7) is 2.47. The van der Waals surface area contributed by atoms with Crippen LogP contribution in [0, 0.1) is 0 Å². The van der Waals surface area contributed by atoms with E-state index in [4.69, 9.17) is 5.14 Å². The van der Waals surface area contributed by atoms with Crippen LogP contribution in [0.4, 0.5) is 5.69 Å². The summed E-state index contributed by atoms with van der Waals surface area (Å²) in [4.78, 5) is 6.75. The zero-order valence-electron chi connectivity index (χ0n) is 15.7. The number of nitrogens with one attached hydrogen (secondary N) is 2. The van der Waals surface area contributed by atoms with Gasteiger partial charge in [0.1, 0.15) is 0 Å². The third kappa shape index (κ3) is 6.08. The van der Waals surface area contributed by atoms with E-state index < -0.39 is 10.0 Å². The summed E-state index contributed by atoms with van der Waals surface area (Å²) in [5.74, 6) is 0.727. The number of benzene rings is 2. The summed E-state index contributed by atoms with van der Waals surface area (Å²) in [6, 6.07) is 17.2. The van der Waals surface area contributed by atoms with Crippen LogP contribution < -0.4 is 20.7 Å². The molecule has 0 aromatic heterocycles. The van der Waals surface area contributed by atoms with Crippen molar-refractivity contribution in [3.63, 3.8) is 0 Å². The van der Waals surface area contributed by atoms with Gasteiger partial charge in [0, 0.05) is 38.4 Å². The van der Waals surface area contributed by atoms with Crippen molar-refractivity contribution in [1.29, 1.82) is 0 Å². The van der Waals surface area contributed by atoms with E-state index in [-0.39, 0.29) is 28.9 Å². The second-order valence-corrected chi connectivity index (χ2v) is 8.09. The van der Waals surface area contributed by atoms with Crippen LogP contribution in [0.1, 0.15) is 12.0 Å². The normalized spacial score (nSPS) is 17.1. The molecule has 28 heavy (non-hydrogen) atoms. The van der Waals surface area contributed by atoms with Gasteiger partial charge in [-0.1, -0.05) is 30.3 Å². The summed E-state index contributed by atoms with van der Waals surface area (Å²) < 4.78 is 22.6. The number of para-hydroxylation sites is 1. The Balaban J connectivity index is 0.00000280. The molecule has 1 unspecified atom stereocenters. The molecule has 1 saturated heterocycles. The predicted octanol–water partition coefficient (Wildman–Crippen LogP) is 1.90. The molecular weight excluding hydrogens is 489 g/mol. The van der Waals surface area contributed by atoms with Crippen molar-refractivity contribution in [1.82, 2.24) is 10.6 Å². The van der Waals surface area contributed by atoms with E-state index in [9.17, 15) is 8.42 Å². The number of nitrogens with two attached hydrogens (primary N) is 1. The average Bonchev–Trinajstić information content (AvgIpc) is 3.14. The average molecular weight is 515 g/mol. The minimum atomic E-state index is -3.66. The van der Waals surface area contributed by atoms with E-state index in [1.807, 2.05) is 6.07 Å². The molecule has 0 amide bonds. The highest BCUT2D eigenvalue weighted by atomic mass is 127. The topological polar surface area (TPSA) is 99.8 Å². The van der Waals surface area contributed by atoms with Gasteiger partial charge in [0.2, 0.25) is 10.0 Å². The number of hydrogen-bond acceptors (Lipinski definition) is 4. The van der Waals surface area contributed by atoms with Gasteiger partial charge >= 0.3 is 0 Å². The molecule has 0 bridgehead atoms. The Morgan fingerprint density at radius 3 is 2.46 bits per heavy atom. The highest BCUT2D eigenvalue weighted by Gasteiger charge is 2.23. The molecule has 2 aromatic rings.